The molecule has 1 saturated heterocycles. The van der Waals surface area contributed by atoms with Crippen molar-refractivity contribution in [2.45, 2.75) is 25.3 Å². The molecule has 4 heteroatoms. The van der Waals surface area contributed by atoms with Gasteiger partial charge in [0.05, 0.1) is 11.5 Å². The van der Waals surface area contributed by atoms with E-state index in [1.165, 1.54) is 5.56 Å². The van der Waals surface area contributed by atoms with Crippen LogP contribution in [0.15, 0.2) is 30.3 Å². The molecule has 0 aromatic heterocycles. The van der Waals surface area contributed by atoms with Crippen LogP contribution in [0.5, 0.6) is 0 Å². The number of benzene rings is 1. The maximum Gasteiger partial charge on any atom is 0.150 e. The molecule has 0 saturated carbocycles. The SMILES string of the molecule is CNC(Cc1ccccc1)CC1CCS(=O)(=O)C1. The molecule has 1 aromatic carbocycles. The number of hydrogen-bond donors (Lipinski definition) is 1. The molecule has 3 nitrogen and oxygen atoms in total. The van der Waals surface area contributed by atoms with Crippen molar-refractivity contribution in [3.05, 3.63) is 35.9 Å². The molecule has 2 unspecified atom stereocenters. The van der Waals surface area contributed by atoms with Crippen LogP contribution in [0.3, 0.4) is 0 Å². The van der Waals surface area contributed by atoms with Gasteiger partial charge in [0.1, 0.15) is 0 Å². The number of likely N-dealkylation sites (N-methyl/N-ethyl adjacent to an activating group) is 1. The lowest BCUT2D eigenvalue weighted by atomic mass is 9.95. The standard InChI is InChI=1S/C14H21NO2S/c1-15-14(9-12-5-3-2-4-6-12)10-13-7-8-18(16,17)11-13/h2-6,13-15H,7-11H2,1H3. The Morgan fingerprint density at radius 3 is 2.61 bits per heavy atom. The first kappa shape index (κ1) is 13.6. The summed E-state index contributed by atoms with van der Waals surface area (Å²) in [4.78, 5) is 0. The van der Waals surface area contributed by atoms with E-state index in [0.717, 1.165) is 19.3 Å². The molecule has 1 fully saturated rings. The third kappa shape index (κ3) is 3.82. The monoisotopic (exact) mass is 267 g/mol. The first-order chi connectivity index (χ1) is 8.59. The highest BCUT2D eigenvalue weighted by molar-refractivity contribution is 7.91. The largest absolute Gasteiger partial charge is 0.317 e. The highest BCUT2D eigenvalue weighted by Crippen LogP contribution is 2.23. The van der Waals surface area contributed by atoms with Gasteiger partial charge in [0.15, 0.2) is 9.84 Å². The predicted molar refractivity (Wildman–Crippen MR) is 74.4 cm³/mol. The van der Waals surface area contributed by atoms with Gasteiger partial charge in [0.2, 0.25) is 0 Å². The molecule has 1 aliphatic rings. The lowest BCUT2D eigenvalue weighted by Crippen LogP contribution is -2.30. The second kappa shape index (κ2) is 5.85. The zero-order chi connectivity index (χ0) is 13.0. The highest BCUT2D eigenvalue weighted by Gasteiger charge is 2.29. The smallest absolute Gasteiger partial charge is 0.150 e. The Balaban J connectivity index is 1.90. The predicted octanol–water partition coefficient (Wildman–Crippen LogP) is 1.64. The summed E-state index contributed by atoms with van der Waals surface area (Å²) in [5.41, 5.74) is 1.30. The van der Waals surface area contributed by atoms with Crippen molar-refractivity contribution in [1.82, 2.24) is 5.32 Å². The van der Waals surface area contributed by atoms with Crippen molar-refractivity contribution in [2.24, 2.45) is 5.92 Å². The van der Waals surface area contributed by atoms with Crippen molar-refractivity contribution in [3.63, 3.8) is 0 Å². The fourth-order valence-electron chi connectivity index (χ4n) is 2.66. The minimum atomic E-state index is -2.75. The summed E-state index contributed by atoms with van der Waals surface area (Å²) in [6.45, 7) is 0. The highest BCUT2D eigenvalue weighted by atomic mass is 32.2. The Morgan fingerprint density at radius 1 is 1.33 bits per heavy atom. The number of sulfone groups is 1. The van der Waals surface area contributed by atoms with Crippen LogP contribution < -0.4 is 5.32 Å². The zero-order valence-corrected chi connectivity index (χ0v) is 11.6. The normalized spacial score (nSPS) is 23.9. The molecule has 0 bridgehead atoms. The van der Waals surface area contributed by atoms with Gasteiger partial charge in [-0.05, 0) is 37.8 Å². The fraction of sp³-hybridized carbons (Fsp3) is 0.571. The van der Waals surface area contributed by atoms with E-state index in [9.17, 15) is 8.42 Å². The summed E-state index contributed by atoms with van der Waals surface area (Å²) in [7, 11) is -0.795. The van der Waals surface area contributed by atoms with Gasteiger partial charge in [-0.25, -0.2) is 8.42 Å². The van der Waals surface area contributed by atoms with Gasteiger partial charge >= 0.3 is 0 Å². The van der Waals surface area contributed by atoms with Crippen molar-refractivity contribution >= 4 is 9.84 Å². The molecule has 0 amide bonds. The van der Waals surface area contributed by atoms with Gasteiger partial charge < -0.3 is 5.32 Å². The summed E-state index contributed by atoms with van der Waals surface area (Å²) in [5, 5.41) is 3.31. The third-order valence-electron chi connectivity index (χ3n) is 3.68. The quantitative estimate of drug-likeness (QED) is 0.882. The van der Waals surface area contributed by atoms with E-state index in [2.05, 4.69) is 17.4 Å². The zero-order valence-electron chi connectivity index (χ0n) is 10.8. The minimum absolute atomic E-state index is 0.330. The number of nitrogens with one attached hydrogen (secondary N) is 1. The fourth-order valence-corrected chi connectivity index (χ4v) is 4.54. The molecule has 0 radical (unpaired) electrons. The van der Waals surface area contributed by atoms with Gasteiger partial charge in [0, 0.05) is 6.04 Å². The Hall–Kier alpha value is -0.870. The summed E-state index contributed by atoms with van der Waals surface area (Å²) < 4.78 is 22.9. The summed E-state index contributed by atoms with van der Waals surface area (Å²) in [6, 6.07) is 10.7. The van der Waals surface area contributed by atoms with Crippen LogP contribution in [0.2, 0.25) is 0 Å². The van der Waals surface area contributed by atoms with Crippen molar-refractivity contribution < 1.29 is 8.42 Å². The maximum atomic E-state index is 11.4. The second-order valence-corrected chi connectivity index (χ2v) is 7.41. The molecule has 1 heterocycles. The lowest BCUT2D eigenvalue weighted by molar-refractivity contribution is 0.424. The molecule has 1 aliphatic heterocycles. The van der Waals surface area contributed by atoms with Crippen LogP contribution in [0.25, 0.3) is 0 Å². The van der Waals surface area contributed by atoms with E-state index in [1.54, 1.807) is 0 Å². The van der Waals surface area contributed by atoms with Crippen LogP contribution in [0.4, 0.5) is 0 Å². The van der Waals surface area contributed by atoms with Crippen LogP contribution in [-0.4, -0.2) is 33.0 Å². The van der Waals surface area contributed by atoms with E-state index in [1.807, 2.05) is 25.2 Å². The molecule has 1 aromatic rings. The van der Waals surface area contributed by atoms with Gasteiger partial charge in [-0.15, -0.1) is 0 Å². The molecule has 100 valence electrons. The Labute approximate surface area is 110 Å². The van der Waals surface area contributed by atoms with Gasteiger partial charge in [-0.3, -0.25) is 0 Å². The molecular formula is C14H21NO2S. The Kier molecular flexibility index (Phi) is 4.40. The van der Waals surface area contributed by atoms with E-state index in [0.29, 0.717) is 23.5 Å². The average Bonchev–Trinajstić information content (AvgIpc) is 2.69. The van der Waals surface area contributed by atoms with Crippen LogP contribution in [-0.2, 0) is 16.3 Å². The summed E-state index contributed by atoms with van der Waals surface area (Å²) in [5.74, 6) is 1.08. The van der Waals surface area contributed by atoms with Crippen LogP contribution >= 0.6 is 0 Å². The second-order valence-electron chi connectivity index (χ2n) is 5.18. The van der Waals surface area contributed by atoms with Crippen molar-refractivity contribution in [1.29, 1.82) is 0 Å². The van der Waals surface area contributed by atoms with E-state index in [4.69, 9.17) is 0 Å². The summed E-state index contributed by atoms with van der Waals surface area (Å²) >= 11 is 0. The van der Waals surface area contributed by atoms with Gasteiger partial charge in [-0.1, -0.05) is 30.3 Å². The maximum absolute atomic E-state index is 11.4. The molecule has 18 heavy (non-hydrogen) atoms. The van der Waals surface area contributed by atoms with E-state index < -0.39 is 9.84 Å². The average molecular weight is 267 g/mol. The summed E-state index contributed by atoms with van der Waals surface area (Å²) in [6.07, 6.45) is 2.74. The first-order valence-electron chi connectivity index (χ1n) is 6.50. The molecule has 0 spiro atoms. The molecular weight excluding hydrogens is 246 g/mol. The van der Waals surface area contributed by atoms with Gasteiger partial charge in [-0.2, -0.15) is 0 Å². The first-order valence-corrected chi connectivity index (χ1v) is 8.33. The molecule has 2 rings (SSSR count). The molecule has 0 aliphatic carbocycles. The lowest BCUT2D eigenvalue weighted by Gasteiger charge is -2.19. The van der Waals surface area contributed by atoms with Crippen LogP contribution in [0, 0.1) is 5.92 Å². The van der Waals surface area contributed by atoms with E-state index in [-0.39, 0.29) is 0 Å². The van der Waals surface area contributed by atoms with Crippen molar-refractivity contribution in [2.75, 3.05) is 18.6 Å². The van der Waals surface area contributed by atoms with E-state index >= 15 is 0 Å². The van der Waals surface area contributed by atoms with Crippen molar-refractivity contribution in [3.8, 4) is 0 Å². The van der Waals surface area contributed by atoms with Gasteiger partial charge in [0.25, 0.3) is 0 Å². The Morgan fingerprint density at radius 2 is 2.06 bits per heavy atom. The molecule has 1 N–H and O–H groups in total. The third-order valence-corrected chi connectivity index (χ3v) is 5.51. The van der Waals surface area contributed by atoms with Crippen LogP contribution in [0.1, 0.15) is 18.4 Å². The number of rotatable bonds is 5. The Bertz CT molecular complexity index is 470. The topological polar surface area (TPSA) is 46.2 Å². The number of hydrogen-bond acceptors (Lipinski definition) is 3. The minimum Gasteiger partial charge on any atom is -0.317 e. The molecule has 2 atom stereocenters.